The molecular weight excluding hydrogens is 222 g/mol. The van der Waals surface area contributed by atoms with Crippen molar-refractivity contribution in [2.75, 3.05) is 0 Å². The molecule has 84 valence electrons. The Hall–Kier alpha value is -1.13. The lowest BCUT2D eigenvalue weighted by molar-refractivity contribution is 0.153. The quantitative estimate of drug-likeness (QED) is 0.826. The van der Waals surface area contributed by atoms with Gasteiger partial charge in [0, 0.05) is 4.88 Å². The van der Waals surface area contributed by atoms with Crippen LogP contribution in [0.4, 0.5) is 0 Å². The molecule has 1 aliphatic rings. The summed E-state index contributed by atoms with van der Waals surface area (Å²) >= 11 is 1.68. The number of thiazole rings is 1. The van der Waals surface area contributed by atoms with Gasteiger partial charge >= 0.3 is 0 Å². The third-order valence-corrected chi connectivity index (χ3v) is 4.18. The van der Waals surface area contributed by atoms with E-state index in [0.29, 0.717) is 0 Å². The van der Waals surface area contributed by atoms with E-state index in [1.54, 1.807) is 17.6 Å². The van der Waals surface area contributed by atoms with E-state index in [0.717, 1.165) is 41.3 Å². The van der Waals surface area contributed by atoms with Gasteiger partial charge in [0.2, 0.25) is 0 Å². The molecular formula is C12H13NO2S. The van der Waals surface area contributed by atoms with Gasteiger partial charge in [-0.25, -0.2) is 4.98 Å². The Morgan fingerprint density at radius 3 is 3.12 bits per heavy atom. The van der Waals surface area contributed by atoms with Crippen molar-refractivity contribution < 1.29 is 9.52 Å². The molecule has 0 saturated carbocycles. The van der Waals surface area contributed by atoms with E-state index in [-0.39, 0.29) is 6.10 Å². The largest absolute Gasteiger partial charge is 0.469 e. The van der Waals surface area contributed by atoms with Gasteiger partial charge in [-0.05, 0) is 32.3 Å². The molecule has 2 heterocycles. The lowest BCUT2D eigenvalue weighted by atomic mass is 10.0. The van der Waals surface area contributed by atoms with E-state index < -0.39 is 0 Å². The van der Waals surface area contributed by atoms with Crippen molar-refractivity contribution in [2.45, 2.75) is 32.3 Å². The molecule has 0 aromatic carbocycles. The van der Waals surface area contributed by atoms with Gasteiger partial charge in [-0.3, -0.25) is 0 Å². The van der Waals surface area contributed by atoms with Crippen LogP contribution in [-0.4, -0.2) is 10.1 Å². The van der Waals surface area contributed by atoms with Crippen LogP contribution in [0.2, 0.25) is 0 Å². The normalized spacial score (nSPS) is 19.8. The minimum absolute atomic E-state index is 0.374. The first kappa shape index (κ1) is 10.1. The zero-order chi connectivity index (χ0) is 11.1. The second-order valence-corrected chi connectivity index (χ2v) is 5.21. The smallest absolute Gasteiger partial charge is 0.127 e. The minimum atomic E-state index is -0.374. The fourth-order valence-corrected chi connectivity index (χ4v) is 3.35. The Kier molecular flexibility index (Phi) is 2.33. The van der Waals surface area contributed by atoms with Crippen LogP contribution in [-0.2, 0) is 6.42 Å². The number of fused-ring (bicyclic) bond motifs is 1. The number of nitrogens with zero attached hydrogens (tertiary/aromatic N) is 1. The van der Waals surface area contributed by atoms with Gasteiger partial charge in [0.1, 0.15) is 10.8 Å². The molecule has 1 aliphatic carbocycles. The van der Waals surface area contributed by atoms with Crippen molar-refractivity contribution in [1.82, 2.24) is 4.98 Å². The first-order chi connectivity index (χ1) is 7.75. The lowest BCUT2D eigenvalue weighted by Gasteiger charge is -2.14. The Labute approximate surface area is 97.8 Å². The highest BCUT2D eigenvalue weighted by Gasteiger charge is 2.23. The van der Waals surface area contributed by atoms with Crippen LogP contribution in [0.1, 0.15) is 35.3 Å². The maximum Gasteiger partial charge on any atom is 0.127 e. The van der Waals surface area contributed by atoms with E-state index in [2.05, 4.69) is 4.98 Å². The van der Waals surface area contributed by atoms with E-state index in [1.807, 2.05) is 13.0 Å². The average Bonchev–Trinajstić information content (AvgIpc) is 2.84. The molecule has 0 bridgehead atoms. The molecule has 3 nitrogen and oxygen atoms in total. The Morgan fingerprint density at radius 1 is 1.56 bits per heavy atom. The number of aromatic nitrogens is 1. The molecule has 0 radical (unpaired) electrons. The Morgan fingerprint density at radius 2 is 2.44 bits per heavy atom. The molecule has 1 N–H and O–H groups in total. The Balaban J connectivity index is 2.08. The fraction of sp³-hybridized carbons (Fsp3) is 0.417. The molecule has 0 saturated heterocycles. The number of hydrogen-bond donors (Lipinski definition) is 1. The predicted octanol–water partition coefficient (Wildman–Crippen LogP) is 3.08. The molecule has 0 fully saturated rings. The third-order valence-electron chi connectivity index (χ3n) is 3.01. The van der Waals surface area contributed by atoms with Crippen molar-refractivity contribution in [3.8, 4) is 10.6 Å². The third kappa shape index (κ3) is 1.49. The molecule has 4 heteroatoms. The van der Waals surface area contributed by atoms with Crippen LogP contribution in [0.3, 0.4) is 0 Å². The van der Waals surface area contributed by atoms with E-state index in [4.69, 9.17) is 4.42 Å². The summed E-state index contributed by atoms with van der Waals surface area (Å²) in [6, 6.07) is 1.94. The van der Waals surface area contributed by atoms with Crippen LogP contribution in [0.15, 0.2) is 16.7 Å². The van der Waals surface area contributed by atoms with Gasteiger partial charge in [0.15, 0.2) is 0 Å². The SMILES string of the molecule is Cc1occc1-c1nc2c(s1)CCCC2O. The van der Waals surface area contributed by atoms with Crippen molar-refractivity contribution in [2.24, 2.45) is 0 Å². The lowest BCUT2D eigenvalue weighted by Crippen LogP contribution is -2.07. The van der Waals surface area contributed by atoms with Gasteiger partial charge in [-0.1, -0.05) is 0 Å². The Bertz CT molecular complexity index is 515. The maximum absolute atomic E-state index is 9.86. The standard InChI is InChI=1S/C12H13NO2S/c1-7-8(5-6-15-7)12-13-11-9(14)3-2-4-10(11)16-12/h5-6,9,14H,2-4H2,1H3. The summed E-state index contributed by atoms with van der Waals surface area (Å²) in [6.45, 7) is 1.94. The van der Waals surface area contributed by atoms with Crippen LogP contribution < -0.4 is 0 Å². The molecule has 0 aliphatic heterocycles. The molecule has 1 unspecified atom stereocenters. The van der Waals surface area contributed by atoms with Gasteiger partial charge in [0.05, 0.1) is 23.6 Å². The second kappa shape index (κ2) is 3.71. The van der Waals surface area contributed by atoms with Crippen molar-refractivity contribution in [1.29, 1.82) is 0 Å². The molecule has 0 spiro atoms. The van der Waals surface area contributed by atoms with Crippen molar-refractivity contribution in [3.05, 3.63) is 28.7 Å². The highest BCUT2D eigenvalue weighted by Crippen LogP contribution is 2.37. The zero-order valence-corrected chi connectivity index (χ0v) is 9.88. The van der Waals surface area contributed by atoms with Crippen LogP contribution in [0.25, 0.3) is 10.6 Å². The van der Waals surface area contributed by atoms with E-state index in [9.17, 15) is 5.11 Å². The number of aliphatic hydroxyl groups is 1. The number of hydrogen-bond acceptors (Lipinski definition) is 4. The van der Waals surface area contributed by atoms with Crippen molar-refractivity contribution >= 4 is 11.3 Å². The van der Waals surface area contributed by atoms with Crippen molar-refractivity contribution in [3.63, 3.8) is 0 Å². The maximum atomic E-state index is 9.86. The molecule has 1 atom stereocenters. The fourth-order valence-electron chi connectivity index (χ4n) is 2.12. The first-order valence-electron chi connectivity index (χ1n) is 5.48. The molecule has 16 heavy (non-hydrogen) atoms. The summed E-state index contributed by atoms with van der Waals surface area (Å²) in [5.41, 5.74) is 1.93. The summed E-state index contributed by atoms with van der Waals surface area (Å²) in [5.74, 6) is 0.889. The highest BCUT2D eigenvalue weighted by molar-refractivity contribution is 7.15. The molecule has 3 rings (SSSR count). The first-order valence-corrected chi connectivity index (χ1v) is 6.29. The summed E-state index contributed by atoms with van der Waals surface area (Å²) < 4.78 is 5.28. The summed E-state index contributed by atoms with van der Waals surface area (Å²) in [6.07, 6.45) is 4.24. The van der Waals surface area contributed by atoms with Crippen LogP contribution in [0, 0.1) is 6.92 Å². The van der Waals surface area contributed by atoms with Gasteiger partial charge in [-0.15, -0.1) is 11.3 Å². The van der Waals surface area contributed by atoms with Gasteiger partial charge in [-0.2, -0.15) is 0 Å². The van der Waals surface area contributed by atoms with E-state index >= 15 is 0 Å². The molecule has 0 amide bonds. The highest BCUT2D eigenvalue weighted by atomic mass is 32.1. The zero-order valence-electron chi connectivity index (χ0n) is 9.06. The number of aryl methyl sites for hydroxylation is 2. The van der Waals surface area contributed by atoms with Crippen LogP contribution in [0.5, 0.6) is 0 Å². The second-order valence-electron chi connectivity index (χ2n) is 4.13. The van der Waals surface area contributed by atoms with Gasteiger partial charge in [0.25, 0.3) is 0 Å². The number of furan rings is 1. The topological polar surface area (TPSA) is 46.3 Å². The number of aliphatic hydroxyl groups excluding tert-OH is 1. The number of rotatable bonds is 1. The summed E-state index contributed by atoms with van der Waals surface area (Å²) in [4.78, 5) is 5.77. The molecule has 2 aromatic heterocycles. The summed E-state index contributed by atoms with van der Waals surface area (Å²) in [5, 5.41) is 10.8. The minimum Gasteiger partial charge on any atom is -0.469 e. The van der Waals surface area contributed by atoms with E-state index in [1.165, 1.54) is 4.88 Å². The van der Waals surface area contributed by atoms with Crippen LogP contribution >= 0.6 is 11.3 Å². The van der Waals surface area contributed by atoms with Gasteiger partial charge < -0.3 is 9.52 Å². The average molecular weight is 235 g/mol. The molecule has 2 aromatic rings. The summed E-state index contributed by atoms with van der Waals surface area (Å²) in [7, 11) is 0. The predicted molar refractivity (Wildman–Crippen MR) is 62.5 cm³/mol. The monoisotopic (exact) mass is 235 g/mol.